The molecule has 0 spiro atoms. The molecule has 2 rings (SSSR count). The van der Waals surface area contributed by atoms with E-state index in [1.165, 1.54) is 37.9 Å². The fourth-order valence-corrected chi connectivity index (χ4v) is 3.26. The number of aryl methyl sites for hydroxylation is 1. The fourth-order valence-electron chi connectivity index (χ4n) is 3.26. The molecule has 0 radical (unpaired) electrons. The lowest BCUT2D eigenvalue weighted by Crippen LogP contribution is -2.42. The van der Waals surface area contributed by atoms with Crippen molar-refractivity contribution in [3.05, 3.63) is 18.0 Å². The van der Waals surface area contributed by atoms with Gasteiger partial charge < -0.3 is 4.90 Å². The van der Waals surface area contributed by atoms with Gasteiger partial charge in [-0.05, 0) is 62.1 Å². The molecule has 1 fully saturated rings. The van der Waals surface area contributed by atoms with Crippen molar-refractivity contribution in [2.45, 2.75) is 78.8 Å². The molecule has 0 amide bonds. The minimum absolute atomic E-state index is 0.205. The molecule has 126 valence electrons. The average Bonchev–Trinajstić information content (AvgIpc) is 2.94. The van der Waals surface area contributed by atoms with Crippen LogP contribution in [0.3, 0.4) is 0 Å². The Balaban J connectivity index is 1.76. The van der Waals surface area contributed by atoms with Gasteiger partial charge >= 0.3 is 0 Å². The number of hydrogen-bond acceptors (Lipinski definition) is 2. The molecule has 1 saturated heterocycles. The summed E-state index contributed by atoms with van der Waals surface area (Å²) in [5, 5.41) is 4.54. The van der Waals surface area contributed by atoms with Gasteiger partial charge in [0.25, 0.3) is 0 Å². The van der Waals surface area contributed by atoms with Gasteiger partial charge in [-0.25, -0.2) is 0 Å². The molecule has 3 heteroatoms. The highest BCUT2D eigenvalue weighted by molar-refractivity contribution is 5.14. The Morgan fingerprint density at radius 1 is 1.18 bits per heavy atom. The van der Waals surface area contributed by atoms with Crippen LogP contribution in [0.15, 0.2) is 12.4 Å². The monoisotopic (exact) mass is 305 g/mol. The summed E-state index contributed by atoms with van der Waals surface area (Å²) >= 11 is 0. The Labute approximate surface area is 137 Å². The molecule has 0 aromatic carbocycles. The summed E-state index contributed by atoms with van der Waals surface area (Å²) in [4.78, 5) is 2.67. The number of rotatable bonds is 5. The molecule has 0 saturated carbocycles. The van der Waals surface area contributed by atoms with E-state index in [2.05, 4.69) is 62.4 Å². The third-order valence-corrected chi connectivity index (χ3v) is 5.46. The van der Waals surface area contributed by atoms with Gasteiger partial charge in [0, 0.05) is 18.8 Å². The third kappa shape index (κ3) is 4.58. The first kappa shape index (κ1) is 17.5. The van der Waals surface area contributed by atoms with E-state index < -0.39 is 0 Å². The zero-order valence-electron chi connectivity index (χ0n) is 15.5. The Morgan fingerprint density at radius 2 is 1.82 bits per heavy atom. The van der Waals surface area contributed by atoms with E-state index in [-0.39, 0.29) is 5.41 Å². The van der Waals surface area contributed by atoms with Gasteiger partial charge in [0.15, 0.2) is 0 Å². The third-order valence-electron chi connectivity index (χ3n) is 5.46. The molecular formula is C19H35N3. The van der Waals surface area contributed by atoms with Crippen molar-refractivity contribution in [3.63, 3.8) is 0 Å². The zero-order chi connectivity index (χ0) is 16.3. The zero-order valence-corrected chi connectivity index (χ0v) is 15.5. The number of aromatic nitrogens is 2. The molecule has 1 atom stereocenters. The molecule has 1 aliphatic rings. The Morgan fingerprint density at radius 3 is 2.32 bits per heavy atom. The lowest BCUT2D eigenvalue weighted by atomic mass is 9.90. The number of piperidine rings is 1. The molecular weight excluding hydrogens is 270 g/mol. The van der Waals surface area contributed by atoms with Crippen molar-refractivity contribution in [1.29, 1.82) is 0 Å². The smallest absolute Gasteiger partial charge is 0.0527 e. The van der Waals surface area contributed by atoms with Crippen LogP contribution in [0.4, 0.5) is 0 Å². The summed E-state index contributed by atoms with van der Waals surface area (Å²) in [6, 6.07) is 0.724. The van der Waals surface area contributed by atoms with E-state index in [9.17, 15) is 0 Å². The maximum absolute atomic E-state index is 4.54. The summed E-state index contributed by atoms with van der Waals surface area (Å²) in [6.07, 6.45) is 8.24. The maximum Gasteiger partial charge on any atom is 0.0527 e. The predicted molar refractivity (Wildman–Crippen MR) is 94.1 cm³/mol. The lowest BCUT2D eigenvalue weighted by molar-refractivity contribution is 0.110. The summed E-state index contributed by atoms with van der Waals surface area (Å²) in [5.41, 5.74) is 1.55. The standard InChI is InChI=1S/C19H35N3/c1-15(2)16(3)21-10-7-17(8-11-21)9-12-22-14-18(13-20-22)19(4,5)6/h13-17H,7-12H2,1-6H3/t16-/m0/s1. The first-order valence-corrected chi connectivity index (χ1v) is 9.04. The van der Waals surface area contributed by atoms with Gasteiger partial charge in [-0.1, -0.05) is 34.6 Å². The van der Waals surface area contributed by atoms with Crippen LogP contribution in [0.1, 0.15) is 66.4 Å². The SMILES string of the molecule is CC(C)[C@H](C)N1CCC(CCn2cc(C(C)(C)C)cn2)CC1. The highest BCUT2D eigenvalue weighted by Crippen LogP contribution is 2.25. The van der Waals surface area contributed by atoms with Gasteiger partial charge in [0.2, 0.25) is 0 Å². The van der Waals surface area contributed by atoms with E-state index >= 15 is 0 Å². The van der Waals surface area contributed by atoms with E-state index in [4.69, 9.17) is 0 Å². The Bertz CT molecular complexity index is 447. The second kappa shape index (κ2) is 7.16. The van der Waals surface area contributed by atoms with Gasteiger partial charge in [-0.15, -0.1) is 0 Å². The fraction of sp³-hybridized carbons (Fsp3) is 0.842. The van der Waals surface area contributed by atoms with Crippen LogP contribution in [0.2, 0.25) is 0 Å². The summed E-state index contributed by atoms with van der Waals surface area (Å²) < 4.78 is 2.14. The topological polar surface area (TPSA) is 21.1 Å². The Kier molecular flexibility index (Phi) is 5.70. The van der Waals surface area contributed by atoms with Crippen LogP contribution in [-0.4, -0.2) is 33.8 Å². The van der Waals surface area contributed by atoms with E-state index in [0.717, 1.165) is 24.4 Å². The van der Waals surface area contributed by atoms with Crippen LogP contribution in [-0.2, 0) is 12.0 Å². The van der Waals surface area contributed by atoms with Crippen molar-refractivity contribution in [3.8, 4) is 0 Å². The van der Waals surface area contributed by atoms with E-state index in [0.29, 0.717) is 0 Å². The first-order chi connectivity index (χ1) is 10.3. The van der Waals surface area contributed by atoms with Crippen molar-refractivity contribution in [2.24, 2.45) is 11.8 Å². The van der Waals surface area contributed by atoms with Crippen molar-refractivity contribution in [1.82, 2.24) is 14.7 Å². The number of hydrogen-bond donors (Lipinski definition) is 0. The van der Waals surface area contributed by atoms with Gasteiger partial charge in [-0.3, -0.25) is 4.68 Å². The molecule has 0 bridgehead atoms. The summed E-state index contributed by atoms with van der Waals surface area (Å²) in [7, 11) is 0. The molecule has 0 aliphatic carbocycles. The van der Waals surface area contributed by atoms with E-state index in [1.54, 1.807) is 0 Å². The summed E-state index contributed by atoms with van der Waals surface area (Å²) in [6.45, 7) is 17.4. The van der Waals surface area contributed by atoms with Crippen molar-refractivity contribution in [2.75, 3.05) is 13.1 Å². The van der Waals surface area contributed by atoms with Gasteiger partial charge in [0.05, 0.1) is 6.20 Å². The molecule has 3 nitrogen and oxygen atoms in total. The molecule has 1 aliphatic heterocycles. The molecule has 2 heterocycles. The van der Waals surface area contributed by atoms with Crippen LogP contribution >= 0.6 is 0 Å². The van der Waals surface area contributed by atoms with Crippen molar-refractivity contribution < 1.29 is 0 Å². The maximum atomic E-state index is 4.54. The highest BCUT2D eigenvalue weighted by atomic mass is 15.3. The van der Waals surface area contributed by atoms with Crippen LogP contribution in [0.5, 0.6) is 0 Å². The van der Waals surface area contributed by atoms with Crippen LogP contribution < -0.4 is 0 Å². The predicted octanol–water partition coefficient (Wildman–Crippen LogP) is 4.33. The molecule has 0 N–H and O–H groups in total. The molecule has 1 aromatic rings. The highest BCUT2D eigenvalue weighted by Gasteiger charge is 2.24. The summed E-state index contributed by atoms with van der Waals surface area (Å²) in [5.74, 6) is 1.63. The van der Waals surface area contributed by atoms with E-state index in [1.807, 2.05) is 6.20 Å². The molecule has 1 aromatic heterocycles. The lowest BCUT2D eigenvalue weighted by Gasteiger charge is -2.37. The number of nitrogens with zero attached hydrogens (tertiary/aromatic N) is 3. The molecule has 0 unspecified atom stereocenters. The van der Waals surface area contributed by atoms with Gasteiger partial charge in [0.1, 0.15) is 0 Å². The minimum Gasteiger partial charge on any atom is -0.300 e. The van der Waals surface area contributed by atoms with Crippen LogP contribution in [0.25, 0.3) is 0 Å². The normalized spacial score (nSPS) is 19.8. The molecule has 22 heavy (non-hydrogen) atoms. The average molecular weight is 306 g/mol. The Hall–Kier alpha value is -0.830. The number of likely N-dealkylation sites (tertiary alicyclic amines) is 1. The van der Waals surface area contributed by atoms with Crippen LogP contribution in [0, 0.1) is 11.8 Å². The van der Waals surface area contributed by atoms with Gasteiger partial charge in [-0.2, -0.15) is 5.10 Å². The van der Waals surface area contributed by atoms with Crippen molar-refractivity contribution >= 4 is 0 Å². The second-order valence-corrected chi connectivity index (χ2v) is 8.49. The second-order valence-electron chi connectivity index (χ2n) is 8.49. The quantitative estimate of drug-likeness (QED) is 0.807. The minimum atomic E-state index is 0.205. The largest absolute Gasteiger partial charge is 0.300 e. The first-order valence-electron chi connectivity index (χ1n) is 9.04.